The number of nitrogens with zero attached hydrogens (tertiary/aromatic N) is 3. The molecule has 0 aliphatic rings. The number of fused-ring (bicyclic) bond motifs is 1. The highest BCUT2D eigenvalue weighted by Gasteiger charge is 2.16. The molecule has 0 unspecified atom stereocenters. The van der Waals surface area contributed by atoms with Crippen LogP contribution in [0.15, 0.2) is 54.6 Å². The first kappa shape index (κ1) is 19.1. The Hall–Kier alpha value is -3.25. The highest BCUT2D eigenvalue weighted by Crippen LogP contribution is 2.38. The summed E-state index contributed by atoms with van der Waals surface area (Å²) in [5, 5.41) is 16.2. The zero-order valence-electron chi connectivity index (χ0n) is 16.9. The van der Waals surface area contributed by atoms with Gasteiger partial charge in [-0.25, -0.2) is 0 Å². The fraction of sp³-hybridized carbons (Fsp3) is 0.261. The Morgan fingerprint density at radius 1 is 1.00 bits per heavy atom. The molecule has 0 fully saturated rings. The van der Waals surface area contributed by atoms with E-state index < -0.39 is 0 Å². The standard InChI is InChI=1S/C23H25N5O/c1-23(2,3)18-8-5-16(6-9-18)22-19-10-4-15(13-24)12-17(19)7-11-20(22)29-14-21-25-27-28-26-21/h4-12H,13-14,24H2,1-3H3,(H,25,26,27,28). The van der Waals surface area contributed by atoms with Crippen molar-refractivity contribution in [2.45, 2.75) is 39.3 Å². The third-order valence-corrected chi connectivity index (χ3v) is 5.07. The van der Waals surface area contributed by atoms with E-state index in [2.05, 4.69) is 89.9 Å². The van der Waals surface area contributed by atoms with Crippen LogP contribution in [0.3, 0.4) is 0 Å². The molecule has 3 aromatic carbocycles. The van der Waals surface area contributed by atoms with Crippen LogP contribution in [0.1, 0.15) is 37.7 Å². The molecule has 0 bridgehead atoms. The molecule has 0 radical (unpaired) electrons. The largest absolute Gasteiger partial charge is 0.485 e. The smallest absolute Gasteiger partial charge is 0.211 e. The van der Waals surface area contributed by atoms with Gasteiger partial charge in [-0.1, -0.05) is 68.4 Å². The van der Waals surface area contributed by atoms with Gasteiger partial charge in [0.1, 0.15) is 5.75 Å². The molecule has 4 rings (SSSR count). The Bertz CT molecular complexity index is 1110. The first-order chi connectivity index (χ1) is 14.0. The summed E-state index contributed by atoms with van der Waals surface area (Å²) in [6.45, 7) is 7.41. The van der Waals surface area contributed by atoms with Gasteiger partial charge >= 0.3 is 0 Å². The van der Waals surface area contributed by atoms with Gasteiger partial charge in [0.2, 0.25) is 5.82 Å². The fourth-order valence-electron chi connectivity index (χ4n) is 3.43. The Morgan fingerprint density at radius 3 is 2.45 bits per heavy atom. The van der Waals surface area contributed by atoms with Gasteiger partial charge < -0.3 is 10.5 Å². The number of aromatic amines is 1. The lowest BCUT2D eigenvalue weighted by Crippen LogP contribution is -2.10. The van der Waals surface area contributed by atoms with Crippen LogP contribution >= 0.6 is 0 Å². The van der Waals surface area contributed by atoms with Crippen LogP contribution < -0.4 is 10.5 Å². The van der Waals surface area contributed by atoms with Crippen molar-refractivity contribution in [3.63, 3.8) is 0 Å². The zero-order valence-corrected chi connectivity index (χ0v) is 16.9. The van der Waals surface area contributed by atoms with Gasteiger partial charge in [0.05, 0.1) is 0 Å². The molecule has 0 atom stereocenters. The minimum absolute atomic E-state index is 0.102. The number of rotatable bonds is 5. The van der Waals surface area contributed by atoms with Crippen LogP contribution in [0.25, 0.3) is 21.9 Å². The van der Waals surface area contributed by atoms with Crippen molar-refractivity contribution in [2.24, 2.45) is 5.73 Å². The molecule has 1 aromatic heterocycles. The molecule has 6 nitrogen and oxygen atoms in total. The highest BCUT2D eigenvalue weighted by atomic mass is 16.5. The van der Waals surface area contributed by atoms with E-state index in [1.54, 1.807) is 0 Å². The Labute approximate surface area is 170 Å². The average Bonchev–Trinajstić information content (AvgIpc) is 3.24. The second-order valence-electron chi connectivity index (χ2n) is 8.14. The van der Waals surface area contributed by atoms with Crippen molar-refractivity contribution >= 4 is 10.8 Å². The minimum Gasteiger partial charge on any atom is -0.485 e. The molecular formula is C23H25N5O. The predicted molar refractivity (Wildman–Crippen MR) is 114 cm³/mol. The summed E-state index contributed by atoms with van der Waals surface area (Å²) in [6, 6.07) is 19.1. The molecule has 0 saturated heterocycles. The molecule has 4 aromatic rings. The van der Waals surface area contributed by atoms with Crippen molar-refractivity contribution in [1.82, 2.24) is 20.6 Å². The lowest BCUT2D eigenvalue weighted by molar-refractivity contribution is 0.297. The van der Waals surface area contributed by atoms with Crippen LogP contribution in [-0.2, 0) is 18.6 Å². The number of tetrazole rings is 1. The molecule has 0 aliphatic carbocycles. The Morgan fingerprint density at radius 2 is 1.79 bits per heavy atom. The Kier molecular flexibility index (Phi) is 5.03. The van der Waals surface area contributed by atoms with E-state index in [0.29, 0.717) is 12.4 Å². The molecule has 0 saturated carbocycles. The maximum atomic E-state index is 6.09. The number of ether oxygens (including phenoxy) is 1. The SMILES string of the molecule is CC(C)(C)c1ccc(-c2c(OCc3nn[nH]n3)ccc3cc(CN)ccc23)cc1. The normalized spacial score (nSPS) is 11.7. The fourth-order valence-corrected chi connectivity index (χ4v) is 3.43. The first-order valence-corrected chi connectivity index (χ1v) is 9.67. The predicted octanol–water partition coefficient (Wildman–Crippen LogP) is 4.36. The lowest BCUT2D eigenvalue weighted by Gasteiger charge is -2.20. The number of aromatic nitrogens is 4. The van der Waals surface area contributed by atoms with Gasteiger partial charge in [0.25, 0.3) is 0 Å². The first-order valence-electron chi connectivity index (χ1n) is 9.67. The van der Waals surface area contributed by atoms with Gasteiger partial charge in [-0.05, 0) is 45.0 Å². The molecule has 1 heterocycles. The zero-order chi connectivity index (χ0) is 20.4. The van der Waals surface area contributed by atoms with Crippen molar-refractivity contribution in [1.29, 1.82) is 0 Å². The van der Waals surface area contributed by atoms with E-state index in [1.807, 2.05) is 6.07 Å². The van der Waals surface area contributed by atoms with Gasteiger partial charge in [0, 0.05) is 12.1 Å². The van der Waals surface area contributed by atoms with E-state index in [4.69, 9.17) is 10.5 Å². The summed E-state index contributed by atoms with van der Waals surface area (Å²) in [6.07, 6.45) is 0. The highest BCUT2D eigenvalue weighted by molar-refractivity contribution is 6.00. The van der Waals surface area contributed by atoms with Crippen LogP contribution in [0, 0.1) is 0 Å². The summed E-state index contributed by atoms with van der Waals surface area (Å²) in [5.74, 6) is 1.30. The molecule has 29 heavy (non-hydrogen) atoms. The number of hydrogen-bond acceptors (Lipinski definition) is 5. The molecule has 6 heteroatoms. The topological polar surface area (TPSA) is 89.7 Å². The van der Waals surface area contributed by atoms with Crippen LogP contribution in [-0.4, -0.2) is 20.6 Å². The van der Waals surface area contributed by atoms with E-state index in [-0.39, 0.29) is 12.0 Å². The molecule has 0 amide bonds. The maximum absolute atomic E-state index is 6.09. The monoisotopic (exact) mass is 387 g/mol. The number of benzene rings is 3. The average molecular weight is 387 g/mol. The van der Waals surface area contributed by atoms with Crippen molar-refractivity contribution < 1.29 is 4.74 Å². The quantitative estimate of drug-likeness (QED) is 0.531. The molecule has 0 aliphatic heterocycles. The molecule has 0 spiro atoms. The summed E-state index contributed by atoms with van der Waals surface area (Å²) >= 11 is 0. The van der Waals surface area contributed by atoms with Gasteiger partial charge in [-0.15, -0.1) is 10.2 Å². The van der Waals surface area contributed by atoms with Gasteiger partial charge in [-0.2, -0.15) is 5.21 Å². The van der Waals surface area contributed by atoms with E-state index in [9.17, 15) is 0 Å². The van der Waals surface area contributed by atoms with E-state index in [0.717, 1.165) is 33.2 Å². The molecular weight excluding hydrogens is 362 g/mol. The van der Waals surface area contributed by atoms with Crippen molar-refractivity contribution in [3.8, 4) is 16.9 Å². The van der Waals surface area contributed by atoms with E-state index in [1.165, 1.54) is 5.56 Å². The molecule has 3 N–H and O–H groups in total. The third kappa shape index (κ3) is 3.98. The number of H-pyrrole nitrogens is 1. The van der Waals surface area contributed by atoms with E-state index >= 15 is 0 Å². The minimum atomic E-state index is 0.102. The molecule has 148 valence electrons. The number of nitrogens with one attached hydrogen (secondary N) is 1. The summed E-state index contributed by atoms with van der Waals surface area (Å²) in [5.41, 5.74) is 10.5. The summed E-state index contributed by atoms with van der Waals surface area (Å²) < 4.78 is 6.09. The van der Waals surface area contributed by atoms with Gasteiger partial charge in [0.15, 0.2) is 6.61 Å². The van der Waals surface area contributed by atoms with Crippen molar-refractivity contribution in [2.75, 3.05) is 0 Å². The lowest BCUT2D eigenvalue weighted by atomic mass is 9.85. The van der Waals surface area contributed by atoms with Crippen LogP contribution in [0.4, 0.5) is 0 Å². The number of nitrogens with two attached hydrogens (primary N) is 1. The second kappa shape index (κ2) is 7.64. The summed E-state index contributed by atoms with van der Waals surface area (Å²) in [7, 11) is 0. The third-order valence-electron chi connectivity index (χ3n) is 5.07. The summed E-state index contributed by atoms with van der Waals surface area (Å²) in [4.78, 5) is 0. The van der Waals surface area contributed by atoms with Crippen molar-refractivity contribution in [3.05, 3.63) is 71.5 Å². The van der Waals surface area contributed by atoms with Crippen LogP contribution in [0.5, 0.6) is 5.75 Å². The second-order valence-corrected chi connectivity index (χ2v) is 8.14. The number of hydrogen-bond donors (Lipinski definition) is 2. The Balaban J connectivity index is 1.82. The maximum Gasteiger partial charge on any atom is 0.211 e. The van der Waals surface area contributed by atoms with Crippen LogP contribution in [0.2, 0.25) is 0 Å². The van der Waals surface area contributed by atoms with Gasteiger partial charge in [-0.3, -0.25) is 0 Å².